The molecule has 4 N–H and O–H groups in total. The topological polar surface area (TPSA) is 128 Å². The van der Waals surface area contributed by atoms with Gasteiger partial charge in [-0.1, -0.05) is 71.9 Å². The number of amides is 1. The Balaban J connectivity index is 1.38. The van der Waals surface area contributed by atoms with Gasteiger partial charge >= 0.3 is 0 Å². The Kier molecular flexibility index (Phi) is 9.28. The van der Waals surface area contributed by atoms with Gasteiger partial charge in [-0.3, -0.25) is 9.59 Å². The van der Waals surface area contributed by atoms with Crippen LogP contribution in [0.4, 0.5) is 4.39 Å². The Morgan fingerprint density at radius 1 is 0.930 bits per heavy atom. The van der Waals surface area contributed by atoms with Crippen LogP contribution < -0.4 is 15.5 Å². The molecule has 0 spiro atoms. The van der Waals surface area contributed by atoms with Crippen molar-refractivity contribution in [1.82, 2.24) is 15.0 Å². The Bertz CT molecular complexity index is 1980. The van der Waals surface area contributed by atoms with E-state index in [1.165, 1.54) is 11.8 Å². The van der Waals surface area contributed by atoms with Gasteiger partial charge in [0.15, 0.2) is 0 Å². The van der Waals surface area contributed by atoms with Crippen LogP contribution in [-0.4, -0.2) is 24.4 Å². The second kappa shape index (κ2) is 13.1. The first-order valence-corrected chi connectivity index (χ1v) is 15.7. The smallest absolute Gasteiger partial charge is 0.257 e. The highest BCUT2D eigenvalue weighted by Crippen LogP contribution is 2.33. The first kappa shape index (κ1) is 30.5. The fraction of sp³-hybridized carbons (Fsp3) is 0.0968. The number of carbonyl (C=O) groups is 1. The second-order valence-corrected chi connectivity index (χ2v) is 12.8. The van der Waals surface area contributed by atoms with Crippen LogP contribution >= 0.6 is 23.4 Å². The Labute approximate surface area is 256 Å². The molecule has 12 heteroatoms. The van der Waals surface area contributed by atoms with Gasteiger partial charge in [-0.25, -0.2) is 17.5 Å². The summed E-state index contributed by atoms with van der Waals surface area (Å²) in [6, 6.07) is 23.1. The van der Waals surface area contributed by atoms with Crippen molar-refractivity contribution >= 4 is 50.2 Å². The van der Waals surface area contributed by atoms with Crippen LogP contribution in [0.3, 0.4) is 0 Å². The normalized spacial score (nSPS) is 11.5. The van der Waals surface area contributed by atoms with Crippen LogP contribution in [0, 0.1) is 5.82 Å². The summed E-state index contributed by atoms with van der Waals surface area (Å²) in [5, 5.41) is 12.5. The molecule has 0 aliphatic carbocycles. The van der Waals surface area contributed by atoms with E-state index in [4.69, 9.17) is 11.6 Å². The van der Waals surface area contributed by atoms with E-state index in [0.29, 0.717) is 10.6 Å². The molecule has 0 unspecified atom stereocenters. The highest BCUT2D eigenvalue weighted by molar-refractivity contribution is 7.99. The number of rotatable bonds is 10. The number of carbonyl (C=O) groups excluding carboxylic acids is 1. The van der Waals surface area contributed by atoms with Gasteiger partial charge in [0.05, 0.1) is 22.4 Å². The van der Waals surface area contributed by atoms with Gasteiger partial charge in [0.1, 0.15) is 11.4 Å². The van der Waals surface area contributed by atoms with Crippen molar-refractivity contribution in [3.05, 3.63) is 134 Å². The molecule has 0 aliphatic rings. The lowest BCUT2D eigenvalue weighted by Crippen LogP contribution is -2.29. The molecule has 5 aromatic rings. The van der Waals surface area contributed by atoms with E-state index in [0.717, 1.165) is 39.2 Å². The number of aliphatic hydroxyl groups excluding tert-OH is 1. The zero-order valence-corrected chi connectivity index (χ0v) is 24.8. The maximum atomic E-state index is 15.0. The van der Waals surface area contributed by atoms with Crippen LogP contribution in [-0.2, 0) is 29.7 Å². The average Bonchev–Trinajstić information content (AvgIpc) is 3.01. The van der Waals surface area contributed by atoms with Crippen LogP contribution in [0.2, 0.25) is 5.02 Å². The molecular formula is C31H25ClFN3O5S2. The van der Waals surface area contributed by atoms with Crippen molar-refractivity contribution in [3.63, 3.8) is 0 Å². The van der Waals surface area contributed by atoms with Gasteiger partial charge in [0.25, 0.3) is 5.91 Å². The van der Waals surface area contributed by atoms with Crippen molar-refractivity contribution in [2.24, 2.45) is 0 Å². The number of fused-ring (bicyclic) bond motifs is 1. The minimum atomic E-state index is -4.28. The molecule has 0 saturated heterocycles. The van der Waals surface area contributed by atoms with Crippen LogP contribution in [0.25, 0.3) is 10.9 Å². The molecule has 8 nitrogen and oxygen atoms in total. The van der Waals surface area contributed by atoms with Crippen LogP contribution in [0.5, 0.6) is 0 Å². The molecule has 0 radical (unpaired) electrons. The fourth-order valence-electron chi connectivity index (χ4n) is 4.32. The summed E-state index contributed by atoms with van der Waals surface area (Å²) < 4.78 is 44.0. The molecule has 5 rings (SSSR count). The summed E-state index contributed by atoms with van der Waals surface area (Å²) in [6.45, 7) is -0.141. The maximum absolute atomic E-state index is 15.0. The lowest BCUT2D eigenvalue weighted by atomic mass is 10.1. The van der Waals surface area contributed by atoms with Crippen molar-refractivity contribution in [3.8, 4) is 0 Å². The molecule has 4 aromatic carbocycles. The monoisotopic (exact) mass is 637 g/mol. The van der Waals surface area contributed by atoms with E-state index in [2.05, 4.69) is 15.0 Å². The molecule has 0 fully saturated rings. The SMILES string of the molecule is O=C(NCc1ccc(Cl)cc1)c1c[nH]c2c(F)cc(S(=O)(=O)NCc3ccccc3Sc3ccccc3CO)cc2c1=O. The summed E-state index contributed by atoms with van der Waals surface area (Å²) in [7, 11) is -4.28. The minimum Gasteiger partial charge on any atom is -0.392 e. The Morgan fingerprint density at radius 3 is 2.28 bits per heavy atom. The molecule has 0 atom stereocenters. The number of pyridine rings is 1. The van der Waals surface area contributed by atoms with Gasteiger partial charge in [0.2, 0.25) is 15.5 Å². The molecule has 0 saturated carbocycles. The third-order valence-electron chi connectivity index (χ3n) is 6.62. The minimum absolute atomic E-state index is 0.115. The average molecular weight is 638 g/mol. The molecule has 0 bridgehead atoms. The number of hydrogen-bond acceptors (Lipinski definition) is 6. The van der Waals surface area contributed by atoms with E-state index < -0.39 is 32.1 Å². The summed E-state index contributed by atoms with van der Waals surface area (Å²) in [4.78, 5) is 29.7. The third kappa shape index (κ3) is 6.98. The molecule has 220 valence electrons. The Hall–Kier alpha value is -4.00. The summed E-state index contributed by atoms with van der Waals surface area (Å²) in [5.41, 5.74) is 0.806. The van der Waals surface area contributed by atoms with Gasteiger partial charge in [-0.15, -0.1) is 0 Å². The zero-order chi connectivity index (χ0) is 30.6. The highest BCUT2D eigenvalue weighted by Gasteiger charge is 2.21. The number of nitrogens with one attached hydrogen (secondary N) is 3. The molecular weight excluding hydrogens is 613 g/mol. The first-order chi connectivity index (χ1) is 20.7. The molecule has 1 amide bonds. The quantitative estimate of drug-likeness (QED) is 0.163. The second-order valence-electron chi connectivity index (χ2n) is 9.47. The number of aromatic nitrogens is 1. The third-order valence-corrected chi connectivity index (χ3v) is 9.49. The lowest BCUT2D eigenvalue weighted by Gasteiger charge is -2.13. The van der Waals surface area contributed by atoms with E-state index in [-0.39, 0.29) is 36.2 Å². The van der Waals surface area contributed by atoms with Crippen molar-refractivity contribution in [2.45, 2.75) is 34.4 Å². The number of halogens is 2. The summed E-state index contributed by atoms with van der Waals surface area (Å²) in [5.74, 6) is -1.67. The van der Waals surface area contributed by atoms with Gasteiger partial charge in [-0.2, -0.15) is 0 Å². The summed E-state index contributed by atoms with van der Waals surface area (Å²) in [6.07, 6.45) is 1.10. The van der Waals surface area contributed by atoms with Gasteiger partial charge in [0, 0.05) is 34.1 Å². The predicted molar refractivity (Wildman–Crippen MR) is 164 cm³/mol. The molecule has 1 heterocycles. The summed E-state index contributed by atoms with van der Waals surface area (Å²) >= 11 is 7.26. The number of hydrogen-bond donors (Lipinski definition) is 4. The number of aromatic amines is 1. The van der Waals surface area contributed by atoms with Crippen LogP contribution in [0.1, 0.15) is 27.0 Å². The van der Waals surface area contributed by atoms with E-state index in [1.54, 1.807) is 42.5 Å². The standard InChI is InChI=1S/C31H25ClFN3O5S2/c32-22-11-9-19(10-12-22)15-35-31(39)25-17-34-29-24(30(25)38)13-23(14-26(29)33)43(40,41)36-16-20-5-1-3-7-27(20)42-28-8-4-2-6-21(28)18-37/h1-14,17,36-37H,15-16,18H2,(H,34,38)(H,35,39). The largest absolute Gasteiger partial charge is 0.392 e. The van der Waals surface area contributed by atoms with Gasteiger partial charge in [-0.05, 0) is 53.1 Å². The fourth-order valence-corrected chi connectivity index (χ4v) is 6.56. The molecule has 43 heavy (non-hydrogen) atoms. The maximum Gasteiger partial charge on any atom is 0.257 e. The van der Waals surface area contributed by atoms with Crippen molar-refractivity contribution < 1.29 is 22.7 Å². The first-order valence-electron chi connectivity index (χ1n) is 13.0. The zero-order valence-electron chi connectivity index (χ0n) is 22.4. The molecule has 1 aromatic heterocycles. The highest BCUT2D eigenvalue weighted by atomic mass is 35.5. The van der Waals surface area contributed by atoms with Crippen molar-refractivity contribution in [1.29, 1.82) is 0 Å². The lowest BCUT2D eigenvalue weighted by molar-refractivity contribution is 0.0949. The van der Waals surface area contributed by atoms with E-state index in [1.807, 2.05) is 30.3 Å². The number of H-pyrrole nitrogens is 1. The number of sulfonamides is 1. The van der Waals surface area contributed by atoms with Crippen molar-refractivity contribution in [2.75, 3.05) is 0 Å². The number of benzene rings is 4. The van der Waals surface area contributed by atoms with Crippen LogP contribution in [0.15, 0.2) is 111 Å². The Morgan fingerprint density at radius 2 is 1.58 bits per heavy atom. The van der Waals surface area contributed by atoms with E-state index >= 15 is 4.39 Å². The molecule has 0 aliphatic heterocycles. The number of aliphatic hydroxyl groups is 1. The predicted octanol–water partition coefficient (Wildman–Crippen LogP) is 5.37. The van der Waals surface area contributed by atoms with E-state index in [9.17, 15) is 23.1 Å². The van der Waals surface area contributed by atoms with Gasteiger partial charge < -0.3 is 15.4 Å².